The second kappa shape index (κ2) is 27.9. The summed E-state index contributed by atoms with van der Waals surface area (Å²) in [6, 6.07) is 0. The van der Waals surface area contributed by atoms with Gasteiger partial charge in [0.25, 0.3) is 0 Å². The molecule has 0 amide bonds. The van der Waals surface area contributed by atoms with Crippen molar-refractivity contribution in [3.63, 3.8) is 0 Å². The fourth-order valence-electron chi connectivity index (χ4n) is 2.83. The first-order valence-corrected chi connectivity index (χ1v) is 14.0. The fraction of sp³-hybridized carbons (Fsp3) is 1.00. The average molecular weight is 516 g/mol. The molecule has 0 saturated heterocycles. The number of hydrogen-bond donors (Lipinski definition) is 2. The molecule has 0 fully saturated rings. The van der Waals surface area contributed by atoms with Crippen LogP contribution in [-0.2, 0) is 29.2 Å². The zero-order valence-corrected chi connectivity index (χ0v) is 24.2. The van der Waals surface area contributed by atoms with Crippen molar-refractivity contribution in [2.45, 2.75) is 117 Å². The smallest absolute Gasteiger partial charge is 0.726 e. The summed E-state index contributed by atoms with van der Waals surface area (Å²) < 4.78 is 65.8. The summed E-state index contributed by atoms with van der Waals surface area (Å²) in [6.07, 6.45) is 18.9. The van der Waals surface area contributed by atoms with Gasteiger partial charge in [-0.15, -0.1) is 0 Å². The Morgan fingerprint density at radius 1 is 0.594 bits per heavy atom. The average Bonchev–Trinajstić information content (AvgIpc) is 2.64. The monoisotopic (exact) mass is 515 g/mol. The molecule has 0 aromatic heterocycles. The van der Waals surface area contributed by atoms with Gasteiger partial charge in [0.1, 0.15) is 0 Å². The van der Waals surface area contributed by atoms with E-state index in [1.165, 1.54) is 64.2 Å². The van der Waals surface area contributed by atoms with E-state index >= 15 is 0 Å². The van der Waals surface area contributed by atoms with Crippen LogP contribution < -0.4 is 35.7 Å². The minimum Gasteiger partial charge on any atom is -0.726 e. The molecule has 0 saturated carbocycles. The van der Waals surface area contributed by atoms with Crippen LogP contribution in [-0.4, -0.2) is 39.2 Å². The van der Waals surface area contributed by atoms with Crippen molar-refractivity contribution in [2.75, 3.05) is 13.2 Å². The molecule has 192 valence electrons. The molecule has 0 radical (unpaired) electrons. The molecule has 0 unspecified atom stereocenters. The molecule has 0 rings (SSSR count). The van der Waals surface area contributed by atoms with Crippen LogP contribution in [0.5, 0.6) is 0 Å². The van der Waals surface area contributed by atoms with Crippen molar-refractivity contribution in [3.8, 4) is 0 Å². The minimum atomic E-state index is -4.92. The molecule has 0 bridgehead atoms. The van der Waals surface area contributed by atoms with Gasteiger partial charge in [-0.2, -0.15) is 8.42 Å². The normalized spacial score (nSPS) is 11.1. The van der Waals surface area contributed by atoms with E-state index in [1.54, 1.807) is 0 Å². The Morgan fingerprint density at radius 2 is 0.812 bits per heavy atom. The molecule has 0 aliphatic heterocycles. The molecule has 0 aliphatic carbocycles. The Balaban J connectivity index is -0.000000501. The van der Waals surface area contributed by atoms with Crippen molar-refractivity contribution >= 4 is 20.8 Å². The summed E-state index contributed by atoms with van der Waals surface area (Å²) in [6.45, 7) is 4.91. The van der Waals surface area contributed by atoms with Gasteiger partial charge in [0.05, 0.1) is 13.2 Å². The molecule has 0 aromatic rings. The Kier molecular flexibility index (Phi) is 34.8. The first-order valence-electron chi connectivity index (χ1n) is 11.3. The van der Waals surface area contributed by atoms with Crippen LogP contribution in [0, 0.1) is 0 Å². The third-order valence-corrected chi connectivity index (χ3v) is 5.36. The van der Waals surface area contributed by atoms with E-state index in [4.69, 9.17) is 25.9 Å². The van der Waals surface area contributed by atoms with Crippen LogP contribution in [0.3, 0.4) is 0 Å². The van der Waals surface area contributed by atoms with Crippen LogP contribution in [0.15, 0.2) is 0 Å². The quantitative estimate of drug-likeness (QED) is 0.107. The number of hydrogen-bond acceptors (Lipinski definition) is 8. The van der Waals surface area contributed by atoms with Gasteiger partial charge in [0.15, 0.2) is 0 Å². The van der Waals surface area contributed by atoms with E-state index in [0.29, 0.717) is 0 Å². The second-order valence-corrected chi connectivity index (χ2v) is 9.57. The maximum atomic E-state index is 11.6. The minimum absolute atomic E-state index is 0. The first kappa shape index (κ1) is 39.9. The van der Waals surface area contributed by atoms with Gasteiger partial charge < -0.3 is 10.7 Å². The van der Waals surface area contributed by atoms with Crippen molar-refractivity contribution in [1.29, 1.82) is 0 Å². The zero-order chi connectivity index (χ0) is 23.1. The number of rotatable bonds is 20. The topological polar surface area (TPSA) is 165 Å². The van der Waals surface area contributed by atoms with Gasteiger partial charge in [0.2, 0.25) is 10.4 Å². The van der Waals surface area contributed by atoms with Crippen LogP contribution in [0.4, 0.5) is 0 Å². The van der Waals surface area contributed by atoms with Gasteiger partial charge in [-0.1, -0.05) is 104 Å². The van der Waals surface area contributed by atoms with Gasteiger partial charge in [-0.25, -0.2) is 16.8 Å². The third kappa shape index (κ3) is 44.4. The molecule has 0 atom stereocenters. The van der Waals surface area contributed by atoms with Crippen LogP contribution >= 0.6 is 0 Å². The first-order chi connectivity index (χ1) is 14.1. The predicted octanol–water partition coefficient (Wildman–Crippen LogP) is 2.72. The molecule has 9 nitrogen and oxygen atoms in total. The fourth-order valence-corrected chi connectivity index (χ4v) is 3.54. The molecule has 0 aromatic carbocycles. The summed E-state index contributed by atoms with van der Waals surface area (Å²) >= 11 is 0. The molecule has 32 heavy (non-hydrogen) atoms. The van der Waals surface area contributed by atoms with E-state index in [1.807, 2.05) is 0 Å². The maximum absolute atomic E-state index is 11.6. The standard InChI is InChI=1S/C20H42O4S.H3N.Na.H2O4S/c1-3-5-7-9-11-12-13-14-16-18-20-24-25(21,22)23-19-17-15-10-8-6-4-2;;;1-5(2,3)4/h3-20H2,1-2H3;1H3;;(H2,1,2,3,4)/q;;+1;/p-1. The van der Waals surface area contributed by atoms with Gasteiger partial charge in [-0.3, -0.25) is 4.55 Å². The molecule has 0 heterocycles. The second-order valence-electron chi connectivity index (χ2n) is 7.43. The summed E-state index contributed by atoms with van der Waals surface area (Å²) in [5.41, 5.74) is 0. The summed E-state index contributed by atoms with van der Waals surface area (Å²) in [7, 11) is -8.71. The van der Waals surface area contributed by atoms with Crippen LogP contribution in [0.1, 0.15) is 117 Å². The van der Waals surface area contributed by atoms with E-state index in [-0.39, 0.29) is 48.9 Å². The Bertz CT molecular complexity index is 552. The Morgan fingerprint density at radius 3 is 1.06 bits per heavy atom. The van der Waals surface area contributed by atoms with E-state index in [2.05, 4.69) is 13.8 Å². The molecule has 0 aliphatic rings. The van der Waals surface area contributed by atoms with Crippen molar-refractivity contribution in [3.05, 3.63) is 0 Å². The van der Waals surface area contributed by atoms with E-state index in [9.17, 15) is 8.42 Å². The van der Waals surface area contributed by atoms with Crippen LogP contribution in [0.25, 0.3) is 0 Å². The van der Waals surface area contributed by atoms with E-state index in [0.717, 1.165) is 38.5 Å². The van der Waals surface area contributed by atoms with Crippen molar-refractivity contribution in [2.24, 2.45) is 0 Å². The van der Waals surface area contributed by atoms with Gasteiger partial charge in [-0.05, 0) is 12.8 Å². The predicted molar refractivity (Wildman–Crippen MR) is 123 cm³/mol. The molecular weight excluding hydrogens is 469 g/mol. The van der Waals surface area contributed by atoms with Gasteiger partial charge >= 0.3 is 40.0 Å². The number of unbranched alkanes of at least 4 members (excludes halogenated alkanes) is 14. The summed E-state index contributed by atoms with van der Waals surface area (Å²) in [5.74, 6) is 0. The Hall–Kier alpha value is 0.700. The molecule has 12 heteroatoms. The molecular formula is C20H46NNaO8S2. The summed E-state index contributed by atoms with van der Waals surface area (Å²) in [5, 5.41) is 0. The van der Waals surface area contributed by atoms with Crippen molar-refractivity contribution in [1.82, 2.24) is 6.15 Å². The van der Waals surface area contributed by atoms with Gasteiger partial charge in [0, 0.05) is 0 Å². The van der Waals surface area contributed by atoms with E-state index < -0.39 is 20.8 Å². The molecule has 4 N–H and O–H groups in total. The maximum Gasteiger partial charge on any atom is 1.00 e. The third-order valence-electron chi connectivity index (χ3n) is 4.45. The Labute approximate surface area is 219 Å². The van der Waals surface area contributed by atoms with Crippen molar-refractivity contribution < 1.29 is 63.9 Å². The summed E-state index contributed by atoms with van der Waals surface area (Å²) in [4.78, 5) is 0. The largest absolute Gasteiger partial charge is 1.00 e. The SMILES string of the molecule is CCCCCCCCCCCCOS(=O)(=O)OCCCCCCCC.N.O=S(=O)([O-])O.[Na+]. The zero-order valence-electron chi connectivity index (χ0n) is 20.6. The van der Waals surface area contributed by atoms with Crippen LogP contribution in [0.2, 0.25) is 0 Å². The molecule has 0 spiro atoms.